The molecule has 86 valence electrons. The molecule has 1 aliphatic rings. The number of rotatable bonds is 4. The van der Waals surface area contributed by atoms with Gasteiger partial charge in [0.25, 0.3) is 0 Å². The van der Waals surface area contributed by atoms with Crippen molar-refractivity contribution in [2.45, 2.75) is 13.3 Å². The Bertz CT molecular complexity index is 387. The molecular weight excluding hydrogens is 205 g/mol. The van der Waals surface area contributed by atoms with E-state index in [2.05, 4.69) is 5.32 Å². The smallest absolute Gasteiger partial charge is 0.140 e. The predicted octanol–water partition coefficient (Wildman–Crippen LogP) is 1.79. The minimum Gasteiger partial charge on any atom is -0.316 e. The van der Waals surface area contributed by atoms with E-state index in [1.807, 2.05) is 6.92 Å². The van der Waals surface area contributed by atoms with Crippen LogP contribution in [0.1, 0.15) is 12.5 Å². The minimum absolute atomic E-state index is 0.0736. The van der Waals surface area contributed by atoms with E-state index in [1.54, 1.807) is 12.1 Å². The molecular formula is C13H16FNO. The molecule has 0 spiro atoms. The standard InChI is InChI=1S/C13H16FNO/c1-9(11-7-15-8-11)13(16)6-10-3-2-4-12(14)5-10/h2-5,9,11,15H,6-8H2,1H3. The lowest BCUT2D eigenvalue weighted by Gasteiger charge is -2.31. The zero-order valence-corrected chi connectivity index (χ0v) is 9.37. The highest BCUT2D eigenvalue weighted by molar-refractivity contribution is 5.83. The number of hydrogen-bond acceptors (Lipinski definition) is 2. The highest BCUT2D eigenvalue weighted by Gasteiger charge is 2.28. The first-order valence-electron chi connectivity index (χ1n) is 5.64. The third-order valence-corrected chi connectivity index (χ3v) is 3.30. The molecule has 0 aliphatic carbocycles. The Kier molecular flexibility index (Phi) is 3.34. The summed E-state index contributed by atoms with van der Waals surface area (Å²) in [5.41, 5.74) is 0.768. The van der Waals surface area contributed by atoms with Crippen molar-refractivity contribution >= 4 is 5.78 Å². The fourth-order valence-electron chi connectivity index (χ4n) is 1.94. The van der Waals surface area contributed by atoms with Crippen molar-refractivity contribution in [3.8, 4) is 0 Å². The summed E-state index contributed by atoms with van der Waals surface area (Å²) in [7, 11) is 0. The van der Waals surface area contributed by atoms with E-state index in [9.17, 15) is 9.18 Å². The van der Waals surface area contributed by atoms with Crippen LogP contribution < -0.4 is 5.32 Å². The van der Waals surface area contributed by atoms with E-state index in [0.29, 0.717) is 12.3 Å². The van der Waals surface area contributed by atoms with Crippen LogP contribution in [-0.2, 0) is 11.2 Å². The van der Waals surface area contributed by atoms with Gasteiger partial charge in [-0.1, -0.05) is 19.1 Å². The van der Waals surface area contributed by atoms with Gasteiger partial charge in [0.2, 0.25) is 0 Å². The second kappa shape index (κ2) is 4.74. The first-order valence-corrected chi connectivity index (χ1v) is 5.64. The molecule has 1 aromatic carbocycles. The number of hydrogen-bond donors (Lipinski definition) is 1. The molecule has 1 atom stereocenters. The summed E-state index contributed by atoms with van der Waals surface area (Å²) < 4.78 is 12.9. The maximum Gasteiger partial charge on any atom is 0.140 e. The largest absolute Gasteiger partial charge is 0.316 e. The molecule has 0 saturated carbocycles. The Morgan fingerprint density at radius 2 is 2.31 bits per heavy atom. The lowest BCUT2D eigenvalue weighted by molar-refractivity contribution is -0.123. The summed E-state index contributed by atoms with van der Waals surface area (Å²) in [6.45, 7) is 3.82. The van der Waals surface area contributed by atoms with Gasteiger partial charge in [0.05, 0.1) is 0 Å². The minimum atomic E-state index is -0.275. The molecule has 0 amide bonds. The summed E-state index contributed by atoms with van der Waals surface area (Å²) in [5.74, 6) is 0.464. The Balaban J connectivity index is 1.96. The van der Waals surface area contributed by atoms with Gasteiger partial charge in [-0.3, -0.25) is 4.79 Å². The zero-order chi connectivity index (χ0) is 11.5. The number of benzene rings is 1. The second-order valence-electron chi connectivity index (χ2n) is 4.48. The molecule has 1 saturated heterocycles. The highest BCUT2D eigenvalue weighted by atomic mass is 19.1. The third-order valence-electron chi connectivity index (χ3n) is 3.30. The van der Waals surface area contributed by atoms with Crippen molar-refractivity contribution < 1.29 is 9.18 Å². The maximum atomic E-state index is 12.9. The summed E-state index contributed by atoms with van der Waals surface area (Å²) in [5, 5.41) is 3.16. The fraction of sp³-hybridized carbons (Fsp3) is 0.462. The van der Waals surface area contributed by atoms with Crippen LogP contribution >= 0.6 is 0 Å². The monoisotopic (exact) mass is 221 g/mol. The molecule has 1 aromatic rings. The van der Waals surface area contributed by atoms with Gasteiger partial charge in [0.1, 0.15) is 11.6 Å². The Morgan fingerprint density at radius 1 is 1.56 bits per heavy atom. The lowest BCUT2D eigenvalue weighted by Crippen LogP contribution is -2.47. The van der Waals surface area contributed by atoms with Crippen molar-refractivity contribution in [2.24, 2.45) is 11.8 Å². The highest BCUT2D eigenvalue weighted by Crippen LogP contribution is 2.18. The maximum absolute atomic E-state index is 12.9. The van der Waals surface area contributed by atoms with Crippen LogP contribution in [0.15, 0.2) is 24.3 Å². The van der Waals surface area contributed by atoms with Gasteiger partial charge in [0, 0.05) is 12.3 Å². The molecule has 0 bridgehead atoms. The van der Waals surface area contributed by atoms with Gasteiger partial charge in [-0.05, 0) is 36.7 Å². The van der Waals surface area contributed by atoms with E-state index in [-0.39, 0.29) is 17.5 Å². The van der Waals surface area contributed by atoms with Crippen molar-refractivity contribution in [1.29, 1.82) is 0 Å². The van der Waals surface area contributed by atoms with Crippen LogP contribution in [0.5, 0.6) is 0 Å². The SMILES string of the molecule is CC(C(=O)Cc1cccc(F)c1)C1CNC1. The molecule has 1 fully saturated rings. The van der Waals surface area contributed by atoms with E-state index >= 15 is 0 Å². The summed E-state index contributed by atoms with van der Waals surface area (Å²) in [6.07, 6.45) is 0.343. The van der Waals surface area contributed by atoms with Crippen molar-refractivity contribution in [1.82, 2.24) is 5.32 Å². The van der Waals surface area contributed by atoms with E-state index in [4.69, 9.17) is 0 Å². The van der Waals surface area contributed by atoms with Crippen LogP contribution in [0, 0.1) is 17.7 Å². The van der Waals surface area contributed by atoms with E-state index in [0.717, 1.165) is 18.7 Å². The Morgan fingerprint density at radius 3 is 2.88 bits per heavy atom. The first kappa shape index (κ1) is 11.3. The van der Waals surface area contributed by atoms with Crippen LogP contribution in [0.25, 0.3) is 0 Å². The summed E-state index contributed by atoms with van der Waals surface area (Å²) in [6, 6.07) is 6.27. The molecule has 1 aliphatic heterocycles. The predicted molar refractivity (Wildman–Crippen MR) is 60.6 cm³/mol. The van der Waals surface area contributed by atoms with Crippen LogP contribution in [0.2, 0.25) is 0 Å². The molecule has 2 nitrogen and oxygen atoms in total. The summed E-state index contributed by atoms with van der Waals surface area (Å²) >= 11 is 0. The number of Topliss-reactive ketones (excluding diaryl/α,β-unsaturated/α-hetero) is 1. The Hall–Kier alpha value is -1.22. The Labute approximate surface area is 94.9 Å². The zero-order valence-electron chi connectivity index (χ0n) is 9.37. The van der Waals surface area contributed by atoms with Gasteiger partial charge in [-0.25, -0.2) is 4.39 Å². The van der Waals surface area contributed by atoms with Crippen LogP contribution in [0.3, 0.4) is 0 Å². The average molecular weight is 221 g/mol. The van der Waals surface area contributed by atoms with Gasteiger partial charge >= 0.3 is 0 Å². The van der Waals surface area contributed by atoms with Crippen LogP contribution in [-0.4, -0.2) is 18.9 Å². The molecule has 0 radical (unpaired) electrons. The number of carbonyl (C=O) groups is 1. The lowest BCUT2D eigenvalue weighted by atomic mass is 9.84. The van der Waals surface area contributed by atoms with Gasteiger partial charge in [-0.15, -0.1) is 0 Å². The molecule has 1 N–H and O–H groups in total. The van der Waals surface area contributed by atoms with Gasteiger partial charge in [-0.2, -0.15) is 0 Å². The molecule has 16 heavy (non-hydrogen) atoms. The number of nitrogens with one attached hydrogen (secondary N) is 1. The molecule has 2 rings (SSSR count). The molecule has 1 heterocycles. The quantitative estimate of drug-likeness (QED) is 0.840. The average Bonchev–Trinajstić information content (AvgIpc) is 2.14. The fourth-order valence-corrected chi connectivity index (χ4v) is 1.94. The molecule has 1 unspecified atom stereocenters. The molecule has 0 aromatic heterocycles. The molecule has 3 heteroatoms. The van der Waals surface area contributed by atoms with Crippen molar-refractivity contribution in [2.75, 3.05) is 13.1 Å². The number of carbonyl (C=O) groups excluding carboxylic acids is 1. The topological polar surface area (TPSA) is 29.1 Å². The van der Waals surface area contributed by atoms with Gasteiger partial charge in [0.15, 0.2) is 0 Å². The van der Waals surface area contributed by atoms with Crippen molar-refractivity contribution in [3.05, 3.63) is 35.6 Å². The van der Waals surface area contributed by atoms with Crippen molar-refractivity contribution in [3.63, 3.8) is 0 Å². The summed E-state index contributed by atoms with van der Waals surface area (Å²) in [4.78, 5) is 11.9. The van der Waals surface area contributed by atoms with Gasteiger partial charge < -0.3 is 5.32 Å². The number of ketones is 1. The van der Waals surface area contributed by atoms with Crippen LogP contribution in [0.4, 0.5) is 4.39 Å². The van der Waals surface area contributed by atoms with E-state index < -0.39 is 0 Å². The number of halogens is 1. The van der Waals surface area contributed by atoms with E-state index in [1.165, 1.54) is 12.1 Å². The first-order chi connectivity index (χ1) is 7.66. The second-order valence-corrected chi connectivity index (χ2v) is 4.48. The third kappa shape index (κ3) is 2.47. The normalized spacial score (nSPS) is 17.9.